The van der Waals surface area contributed by atoms with Gasteiger partial charge in [0.15, 0.2) is 0 Å². The number of nitrogens with two attached hydrogens (primary N) is 1. The van der Waals surface area contributed by atoms with Crippen LogP contribution in [0.1, 0.15) is 27.1 Å². The van der Waals surface area contributed by atoms with E-state index in [-0.39, 0.29) is 0 Å². The summed E-state index contributed by atoms with van der Waals surface area (Å²) in [6.45, 7) is 4.78. The van der Waals surface area contributed by atoms with Crippen LogP contribution in [0.4, 0.5) is 0 Å². The lowest BCUT2D eigenvalue weighted by Gasteiger charge is -2.11. The Kier molecular flexibility index (Phi) is 5.00. The van der Waals surface area contributed by atoms with Crippen LogP contribution >= 0.6 is 11.3 Å². The standard InChI is InChI=1S/C17H16N2OS/c1-12-6-15(9-19)7-13(2)17(12)20-10-16-8-14(11-21-16)4-3-5-18/h6-8,11H,5,10,18H2,1-2H3. The highest BCUT2D eigenvalue weighted by molar-refractivity contribution is 7.10. The van der Waals surface area contributed by atoms with Gasteiger partial charge < -0.3 is 10.5 Å². The summed E-state index contributed by atoms with van der Waals surface area (Å²) in [6.07, 6.45) is 0. The van der Waals surface area contributed by atoms with Crippen LogP contribution in [0.15, 0.2) is 23.6 Å². The largest absolute Gasteiger partial charge is 0.488 e. The van der Waals surface area contributed by atoms with Gasteiger partial charge in [-0.2, -0.15) is 5.26 Å². The van der Waals surface area contributed by atoms with Gasteiger partial charge in [0.2, 0.25) is 0 Å². The van der Waals surface area contributed by atoms with E-state index in [0.29, 0.717) is 18.7 Å². The van der Waals surface area contributed by atoms with Gasteiger partial charge in [0, 0.05) is 15.8 Å². The summed E-state index contributed by atoms with van der Waals surface area (Å²) in [5, 5.41) is 10.9. The smallest absolute Gasteiger partial charge is 0.125 e. The molecule has 1 heterocycles. The van der Waals surface area contributed by atoms with Crippen LogP contribution in [0.25, 0.3) is 0 Å². The summed E-state index contributed by atoms with van der Waals surface area (Å²) in [5.41, 5.74) is 8.94. The SMILES string of the molecule is Cc1cc(C#N)cc(C)c1OCc1cc(C#CCN)cs1. The minimum atomic E-state index is 0.366. The van der Waals surface area contributed by atoms with Gasteiger partial charge in [-0.25, -0.2) is 0 Å². The predicted octanol–water partition coefficient (Wildman–Crippen LogP) is 3.13. The number of rotatable bonds is 3. The average Bonchev–Trinajstić information content (AvgIpc) is 2.91. The highest BCUT2D eigenvalue weighted by atomic mass is 32.1. The molecule has 0 aliphatic rings. The van der Waals surface area contributed by atoms with E-state index in [9.17, 15) is 0 Å². The van der Waals surface area contributed by atoms with E-state index in [2.05, 4.69) is 17.9 Å². The Morgan fingerprint density at radius 2 is 1.90 bits per heavy atom. The van der Waals surface area contributed by atoms with Gasteiger partial charge in [-0.05, 0) is 43.2 Å². The second-order valence-corrected chi connectivity index (χ2v) is 5.64. The van der Waals surface area contributed by atoms with Crippen LogP contribution in [-0.2, 0) is 6.61 Å². The molecule has 0 saturated carbocycles. The minimum Gasteiger partial charge on any atom is -0.488 e. The number of nitriles is 1. The maximum absolute atomic E-state index is 8.95. The molecule has 2 aromatic rings. The van der Waals surface area contributed by atoms with E-state index in [4.69, 9.17) is 15.7 Å². The molecule has 0 atom stereocenters. The highest BCUT2D eigenvalue weighted by Gasteiger charge is 2.07. The summed E-state index contributed by atoms with van der Waals surface area (Å²) in [6, 6.07) is 7.85. The first-order valence-corrected chi connectivity index (χ1v) is 7.42. The molecular formula is C17H16N2OS. The number of aryl methyl sites for hydroxylation is 2. The van der Waals surface area contributed by atoms with E-state index in [0.717, 1.165) is 27.3 Å². The topological polar surface area (TPSA) is 59.0 Å². The molecule has 1 aromatic heterocycles. The number of benzene rings is 1. The molecule has 3 nitrogen and oxygen atoms in total. The zero-order chi connectivity index (χ0) is 15.2. The second-order valence-electron chi connectivity index (χ2n) is 4.65. The zero-order valence-corrected chi connectivity index (χ0v) is 12.9. The normalized spacial score (nSPS) is 9.62. The Hall–Kier alpha value is -2.27. The summed E-state index contributed by atoms with van der Waals surface area (Å²) in [4.78, 5) is 1.11. The van der Waals surface area contributed by atoms with E-state index < -0.39 is 0 Å². The summed E-state index contributed by atoms with van der Waals surface area (Å²) in [5.74, 6) is 6.68. The molecule has 106 valence electrons. The molecule has 0 radical (unpaired) electrons. The highest BCUT2D eigenvalue weighted by Crippen LogP contribution is 2.26. The number of hydrogen-bond donors (Lipinski definition) is 1. The van der Waals surface area contributed by atoms with Crippen molar-refractivity contribution in [3.8, 4) is 23.7 Å². The third-order valence-electron chi connectivity index (χ3n) is 2.94. The lowest BCUT2D eigenvalue weighted by Crippen LogP contribution is -1.98. The van der Waals surface area contributed by atoms with Gasteiger partial charge in [-0.15, -0.1) is 11.3 Å². The molecular weight excluding hydrogens is 280 g/mol. The third kappa shape index (κ3) is 3.86. The van der Waals surface area contributed by atoms with Gasteiger partial charge in [-0.1, -0.05) is 11.8 Å². The molecule has 1 aromatic carbocycles. The molecule has 0 unspecified atom stereocenters. The van der Waals surface area contributed by atoms with Crippen LogP contribution in [0.2, 0.25) is 0 Å². The van der Waals surface area contributed by atoms with Gasteiger partial charge in [-0.3, -0.25) is 0 Å². The Morgan fingerprint density at radius 3 is 2.52 bits per heavy atom. The molecule has 2 N–H and O–H groups in total. The van der Waals surface area contributed by atoms with E-state index in [1.807, 2.05) is 37.4 Å². The van der Waals surface area contributed by atoms with Crippen molar-refractivity contribution in [2.24, 2.45) is 5.73 Å². The molecule has 0 saturated heterocycles. The number of thiophene rings is 1. The Bertz CT molecular complexity index is 721. The summed E-state index contributed by atoms with van der Waals surface area (Å²) < 4.78 is 5.90. The van der Waals surface area contributed by atoms with Crippen molar-refractivity contribution in [1.29, 1.82) is 5.26 Å². The van der Waals surface area contributed by atoms with Gasteiger partial charge >= 0.3 is 0 Å². The first-order chi connectivity index (χ1) is 10.1. The minimum absolute atomic E-state index is 0.366. The average molecular weight is 296 g/mol. The molecule has 0 spiro atoms. The van der Waals surface area contributed by atoms with E-state index in [1.165, 1.54) is 0 Å². The van der Waals surface area contributed by atoms with Crippen LogP contribution in [-0.4, -0.2) is 6.54 Å². The van der Waals surface area contributed by atoms with Crippen LogP contribution in [0.3, 0.4) is 0 Å². The van der Waals surface area contributed by atoms with Crippen molar-refractivity contribution in [1.82, 2.24) is 0 Å². The first-order valence-electron chi connectivity index (χ1n) is 6.54. The zero-order valence-electron chi connectivity index (χ0n) is 12.1. The molecule has 0 aliphatic heterocycles. The molecule has 0 amide bonds. The number of nitrogens with zero attached hydrogens (tertiary/aromatic N) is 1. The van der Waals surface area contributed by atoms with Gasteiger partial charge in [0.05, 0.1) is 18.2 Å². The van der Waals surface area contributed by atoms with Gasteiger partial charge in [0.25, 0.3) is 0 Å². The lowest BCUT2D eigenvalue weighted by molar-refractivity contribution is 0.305. The van der Waals surface area contributed by atoms with Crippen molar-refractivity contribution in [3.63, 3.8) is 0 Å². The third-order valence-corrected chi connectivity index (χ3v) is 3.85. The number of hydrogen-bond acceptors (Lipinski definition) is 4. The van der Waals surface area contributed by atoms with E-state index >= 15 is 0 Å². The fourth-order valence-corrected chi connectivity index (χ4v) is 2.79. The fraction of sp³-hybridized carbons (Fsp3) is 0.235. The quantitative estimate of drug-likeness (QED) is 0.885. The molecule has 4 heteroatoms. The van der Waals surface area contributed by atoms with Crippen LogP contribution in [0.5, 0.6) is 5.75 Å². The summed E-state index contributed by atoms with van der Waals surface area (Å²) >= 11 is 1.62. The van der Waals surface area contributed by atoms with Crippen molar-refractivity contribution in [2.75, 3.05) is 6.54 Å². The lowest BCUT2D eigenvalue weighted by atomic mass is 10.1. The Labute approximate surface area is 129 Å². The van der Waals surface area contributed by atoms with Crippen molar-refractivity contribution in [3.05, 3.63) is 50.7 Å². The maximum atomic E-state index is 8.95. The Morgan fingerprint density at radius 1 is 1.19 bits per heavy atom. The monoisotopic (exact) mass is 296 g/mol. The van der Waals surface area contributed by atoms with E-state index in [1.54, 1.807) is 11.3 Å². The molecule has 0 fully saturated rings. The molecule has 0 aliphatic carbocycles. The maximum Gasteiger partial charge on any atom is 0.125 e. The predicted molar refractivity (Wildman–Crippen MR) is 85.2 cm³/mol. The molecule has 21 heavy (non-hydrogen) atoms. The Balaban J connectivity index is 2.10. The second kappa shape index (κ2) is 6.95. The summed E-state index contributed by atoms with van der Waals surface area (Å²) in [7, 11) is 0. The van der Waals surface area contributed by atoms with Crippen LogP contribution < -0.4 is 10.5 Å². The van der Waals surface area contributed by atoms with Gasteiger partial charge in [0.1, 0.15) is 12.4 Å². The van der Waals surface area contributed by atoms with Crippen LogP contribution in [0, 0.1) is 37.0 Å². The fourth-order valence-electron chi connectivity index (χ4n) is 2.06. The molecule has 2 rings (SSSR count). The van der Waals surface area contributed by atoms with Crippen molar-refractivity contribution >= 4 is 11.3 Å². The van der Waals surface area contributed by atoms with Crippen molar-refractivity contribution < 1.29 is 4.74 Å². The van der Waals surface area contributed by atoms with Crippen molar-refractivity contribution in [2.45, 2.75) is 20.5 Å². The number of ether oxygens (including phenoxy) is 1. The first kappa shape index (κ1) is 15.1. The molecule has 0 bridgehead atoms.